The SMILES string of the molecule is CC[C@@H](CC(=O)[C@@H](C)N)c1ccccc1. The molecule has 0 fully saturated rings. The van der Waals surface area contributed by atoms with E-state index in [-0.39, 0.29) is 11.8 Å². The van der Waals surface area contributed by atoms with Gasteiger partial charge in [-0.2, -0.15) is 0 Å². The summed E-state index contributed by atoms with van der Waals surface area (Å²) in [4.78, 5) is 11.6. The van der Waals surface area contributed by atoms with Gasteiger partial charge >= 0.3 is 0 Å². The Morgan fingerprint density at radius 3 is 2.40 bits per heavy atom. The molecule has 2 heteroatoms. The van der Waals surface area contributed by atoms with Gasteiger partial charge in [-0.1, -0.05) is 37.3 Å². The van der Waals surface area contributed by atoms with Crippen LogP contribution in [-0.2, 0) is 4.79 Å². The molecule has 0 saturated heterocycles. The van der Waals surface area contributed by atoms with Crippen LogP contribution >= 0.6 is 0 Å². The van der Waals surface area contributed by atoms with Crippen molar-refractivity contribution < 1.29 is 4.79 Å². The number of carbonyl (C=O) groups is 1. The summed E-state index contributed by atoms with van der Waals surface area (Å²) in [6, 6.07) is 9.81. The number of rotatable bonds is 5. The lowest BCUT2D eigenvalue weighted by Gasteiger charge is -2.15. The summed E-state index contributed by atoms with van der Waals surface area (Å²) in [6.45, 7) is 3.85. The Balaban J connectivity index is 2.69. The van der Waals surface area contributed by atoms with Crippen LogP contribution in [0.15, 0.2) is 30.3 Å². The van der Waals surface area contributed by atoms with Crippen molar-refractivity contribution in [1.29, 1.82) is 0 Å². The quantitative estimate of drug-likeness (QED) is 0.802. The summed E-state index contributed by atoms with van der Waals surface area (Å²) in [5, 5.41) is 0. The lowest BCUT2D eigenvalue weighted by molar-refractivity contribution is -0.120. The molecule has 0 amide bonds. The number of ketones is 1. The molecule has 0 unspecified atom stereocenters. The Labute approximate surface area is 91.5 Å². The molecule has 2 N–H and O–H groups in total. The van der Waals surface area contributed by atoms with Gasteiger partial charge in [0.05, 0.1) is 6.04 Å². The van der Waals surface area contributed by atoms with Crippen molar-refractivity contribution in [3.63, 3.8) is 0 Å². The molecule has 0 saturated carbocycles. The monoisotopic (exact) mass is 205 g/mol. The Kier molecular flexibility index (Phi) is 4.50. The Morgan fingerprint density at radius 2 is 1.93 bits per heavy atom. The van der Waals surface area contributed by atoms with Gasteiger partial charge in [0, 0.05) is 6.42 Å². The van der Waals surface area contributed by atoms with E-state index in [1.165, 1.54) is 5.56 Å². The van der Waals surface area contributed by atoms with Crippen LogP contribution < -0.4 is 5.73 Å². The average Bonchev–Trinajstić information content (AvgIpc) is 2.26. The molecule has 0 aromatic heterocycles. The Bertz CT molecular complexity index is 306. The van der Waals surface area contributed by atoms with Gasteiger partial charge in [0.15, 0.2) is 0 Å². The standard InChI is InChI=1S/C13H19NO/c1-3-11(9-13(15)10(2)14)12-7-5-4-6-8-12/h4-8,10-11H,3,9,14H2,1-2H3/t10-,11+/m1/s1. The van der Waals surface area contributed by atoms with Gasteiger partial charge < -0.3 is 5.73 Å². The highest BCUT2D eigenvalue weighted by atomic mass is 16.1. The van der Waals surface area contributed by atoms with E-state index in [9.17, 15) is 4.79 Å². The van der Waals surface area contributed by atoms with Crippen LogP contribution in [0.3, 0.4) is 0 Å². The van der Waals surface area contributed by atoms with E-state index in [2.05, 4.69) is 19.1 Å². The predicted octanol–water partition coefficient (Wildman–Crippen LogP) is 2.49. The summed E-state index contributed by atoms with van der Waals surface area (Å²) in [5.74, 6) is 0.454. The average molecular weight is 205 g/mol. The summed E-state index contributed by atoms with van der Waals surface area (Å²) in [7, 11) is 0. The van der Waals surface area contributed by atoms with Gasteiger partial charge in [0.1, 0.15) is 5.78 Å². The van der Waals surface area contributed by atoms with Gasteiger partial charge in [0.2, 0.25) is 0 Å². The van der Waals surface area contributed by atoms with E-state index in [4.69, 9.17) is 5.73 Å². The van der Waals surface area contributed by atoms with Gasteiger partial charge in [-0.05, 0) is 24.8 Å². The van der Waals surface area contributed by atoms with Crippen molar-refractivity contribution >= 4 is 5.78 Å². The Hall–Kier alpha value is -1.15. The third-order valence-corrected chi connectivity index (χ3v) is 2.72. The molecule has 1 aromatic carbocycles. The van der Waals surface area contributed by atoms with Crippen LogP contribution in [0.2, 0.25) is 0 Å². The van der Waals surface area contributed by atoms with Gasteiger partial charge in [-0.15, -0.1) is 0 Å². The van der Waals surface area contributed by atoms with Crippen LogP contribution in [0.1, 0.15) is 38.2 Å². The first kappa shape index (κ1) is 11.9. The fraction of sp³-hybridized carbons (Fsp3) is 0.462. The summed E-state index contributed by atoms with van der Waals surface area (Å²) >= 11 is 0. The molecule has 0 bridgehead atoms. The highest BCUT2D eigenvalue weighted by molar-refractivity contribution is 5.84. The number of carbonyl (C=O) groups excluding carboxylic acids is 1. The molecule has 0 radical (unpaired) electrons. The summed E-state index contributed by atoms with van der Waals surface area (Å²) in [5.41, 5.74) is 6.80. The van der Waals surface area contributed by atoms with Crippen LogP contribution in [0.25, 0.3) is 0 Å². The first-order valence-corrected chi connectivity index (χ1v) is 5.48. The minimum Gasteiger partial charge on any atom is -0.322 e. The topological polar surface area (TPSA) is 43.1 Å². The zero-order valence-electron chi connectivity index (χ0n) is 9.44. The van der Waals surface area contributed by atoms with Crippen molar-refractivity contribution in [1.82, 2.24) is 0 Å². The van der Waals surface area contributed by atoms with E-state index in [1.807, 2.05) is 18.2 Å². The second-order valence-electron chi connectivity index (χ2n) is 3.97. The van der Waals surface area contributed by atoms with E-state index < -0.39 is 0 Å². The molecule has 2 nitrogen and oxygen atoms in total. The first-order chi connectivity index (χ1) is 7.15. The molecular weight excluding hydrogens is 186 g/mol. The smallest absolute Gasteiger partial charge is 0.149 e. The van der Waals surface area contributed by atoms with Crippen molar-refractivity contribution in [2.45, 2.75) is 38.6 Å². The maximum absolute atomic E-state index is 11.6. The van der Waals surface area contributed by atoms with Crippen molar-refractivity contribution in [2.75, 3.05) is 0 Å². The van der Waals surface area contributed by atoms with Crippen LogP contribution in [0.5, 0.6) is 0 Å². The third kappa shape index (κ3) is 3.48. The van der Waals surface area contributed by atoms with E-state index in [1.54, 1.807) is 6.92 Å². The fourth-order valence-corrected chi connectivity index (χ4v) is 1.65. The minimum atomic E-state index is -0.345. The summed E-state index contributed by atoms with van der Waals surface area (Å²) < 4.78 is 0. The number of hydrogen-bond acceptors (Lipinski definition) is 2. The fourth-order valence-electron chi connectivity index (χ4n) is 1.65. The molecule has 1 aromatic rings. The number of nitrogens with two attached hydrogens (primary N) is 1. The maximum Gasteiger partial charge on any atom is 0.149 e. The molecule has 0 aliphatic carbocycles. The molecule has 1 rings (SSSR count). The normalized spacial score (nSPS) is 14.6. The van der Waals surface area contributed by atoms with Crippen LogP contribution in [0, 0.1) is 0 Å². The second-order valence-corrected chi connectivity index (χ2v) is 3.97. The van der Waals surface area contributed by atoms with Gasteiger partial charge in [-0.25, -0.2) is 0 Å². The molecule has 0 spiro atoms. The van der Waals surface area contributed by atoms with Crippen molar-refractivity contribution in [3.8, 4) is 0 Å². The third-order valence-electron chi connectivity index (χ3n) is 2.72. The Morgan fingerprint density at radius 1 is 1.33 bits per heavy atom. The molecule has 82 valence electrons. The molecule has 0 heterocycles. The lowest BCUT2D eigenvalue weighted by Crippen LogP contribution is -2.27. The molecule has 0 aliphatic heterocycles. The second kappa shape index (κ2) is 5.66. The molecule has 2 atom stereocenters. The van der Waals surface area contributed by atoms with Gasteiger partial charge in [0.25, 0.3) is 0 Å². The van der Waals surface area contributed by atoms with Crippen molar-refractivity contribution in [3.05, 3.63) is 35.9 Å². The van der Waals surface area contributed by atoms with Crippen LogP contribution in [-0.4, -0.2) is 11.8 Å². The van der Waals surface area contributed by atoms with E-state index >= 15 is 0 Å². The molecule has 15 heavy (non-hydrogen) atoms. The first-order valence-electron chi connectivity index (χ1n) is 5.48. The predicted molar refractivity (Wildman–Crippen MR) is 62.7 cm³/mol. The highest BCUT2D eigenvalue weighted by Gasteiger charge is 2.16. The zero-order valence-corrected chi connectivity index (χ0v) is 9.44. The number of Topliss-reactive ketones (excluding diaryl/α,β-unsaturated/α-hetero) is 1. The lowest BCUT2D eigenvalue weighted by atomic mass is 9.90. The number of hydrogen-bond donors (Lipinski definition) is 1. The molecular formula is C13H19NO. The van der Waals surface area contributed by atoms with Crippen molar-refractivity contribution in [2.24, 2.45) is 5.73 Å². The minimum absolute atomic E-state index is 0.144. The molecule has 0 aliphatic rings. The van der Waals surface area contributed by atoms with E-state index in [0.29, 0.717) is 12.3 Å². The largest absolute Gasteiger partial charge is 0.322 e. The van der Waals surface area contributed by atoms with Gasteiger partial charge in [-0.3, -0.25) is 4.79 Å². The zero-order chi connectivity index (χ0) is 11.3. The summed E-state index contributed by atoms with van der Waals surface area (Å²) in [6.07, 6.45) is 1.53. The van der Waals surface area contributed by atoms with E-state index in [0.717, 1.165) is 6.42 Å². The maximum atomic E-state index is 11.6. The van der Waals surface area contributed by atoms with Crippen LogP contribution in [0.4, 0.5) is 0 Å². The number of benzene rings is 1. The highest BCUT2D eigenvalue weighted by Crippen LogP contribution is 2.23.